The highest BCUT2D eigenvalue weighted by molar-refractivity contribution is 6.32. The maximum absolute atomic E-state index is 12.8. The lowest BCUT2D eigenvalue weighted by atomic mass is 10.2. The summed E-state index contributed by atoms with van der Waals surface area (Å²) in [6.07, 6.45) is 3.15. The molecule has 0 spiro atoms. The van der Waals surface area contributed by atoms with Crippen LogP contribution in [-0.2, 0) is 6.54 Å². The number of hydrogen-bond donors (Lipinski definition) is 5. The first-order valence-corrected chi connectivity index (χ1v) is 10.7. The van der Waals surface area contributed by atoms with Crippen molar-refractivity contribution in [1.29, 1.82) is 0 Å². The molecule has 2 heterocycles. The summed E-state index contributed by atoms with van der Waals surface area (Å²) in [7, 11) is 1.54. The quantitative estimate of drug-likeness (QED) is 0.344. The summed E-state index contributed by atoms with van der Waals surface area (Å²) >= 11 is 6.21. The van der Waals surface area contributed by atoms with Gasteiger partial charge < -0.3 is 35.6 Å². The van der Waals surface area contributed by atoms with Crippen molar-refractivity contribution in [3.8, 4) is 5.75 Å². The van der Waals surface area contributed by atoms with E-state index in [-0.39, 0.29) is 24.0 Å². The van der Waals surface area contributed by atoms with E-state index in [0.29, 0.717) is 29.8 Å². The molecule has 1 amide bonds. The third kappa shape index (κ3) is 5.57. The van der Waals surface area contributed by atoms with Crippen LogP contribution in [-0.4, -0.2) is 76.8 Å². The second-order valence-corrected chi connectivity index (χ2v) is 7.87. The minimum atomic E-state index is -0.798. The van der Waals surface area contributed by atoms with Gasteiger partial charge in [0.2, 0.25) is 5.95 Å². The van der Waals surface area contributed by atoms with Crippen molar-refractivity contribution in [2.75, 3.05) is 43.7 Å². The number of anilines is 2. The van der Waals surface area contributed by atoms with E-state index in [4.69, 9.17) is 16.3 Å². The molecule has 1 atom stereocenters. The van der Waals surface area contributed by atoms with Crippen LogP contribution in [0.1, 0.15) is 28.8 Å². The first kappa shape index (κ1) is 24.0. The fraction of sp³-hybridized carbons (Fsp3) is 0.476. The van der Waals surface area contributed by atoms with Gasteiger partial charge in [0.25, 0.3) is 5.91 Å². The van der Waals surface area contributed by atoms with E-state index in [1.165, 1.54) is 13.3 Å². The zero-order valence-electron chi connectivity index (χ0n) is 17.8. The Kier molecular flexibility index (Phi) is 8.46. The van der Waals surface area contributed by atoms with Crippen LogP contribution in [0.25, 0.3) is 0 Å². The molecule has 5 N–H and O–H groups in total. The van der Waals surface area contributed by atoms with Gasteiger partial charge in [-0.05, 0) is 30.5 Å². The summed E-state index contributed by atoms with van der Waals surface area (Å²) in [5.41, 5.74) is 1.01. The molecular weight excluding hydrogens is 438 g/mol. The number of aliphatic hydroxyl groups is 3. The number of halogens is 1. The van der Waals surface area contributed by atoms with Crippen LogP contribution in [0.3, 0.4) is 0 Å². The molecule has 0 aliphatic carbocycles. The van der Waals surface area contributed by atoms with E-state index in [1.54, 1.807) is 12.1 Å². The summed E-state index contributed by atoms with van der Waals surface area (Å²) < 4.78 is 5.17. The van der Waals surface area contributed by atoms with Crippen LogP contribution in [0.5, 0.6) is 5.75 Å². The van der Waals surface area contributed by atoms with Gasteiger partial charge in [-0.3, -0.25) is 4.79 Å². The van der Waals surface area contributed by atoms with Gasteiger partial charge in [0.05, 0.1) is 44.0 Å². The number of rotatable bonds is 10. The number of carbonyl (C=O) groups is 1. The largest absolute Gasteiger partial charge is 0.495 e. The van der Waals surface area contributed by atoms with Crippen molar-refractivity contribution >= 4 is 29.3 Å². The van der Waals surface area contributed by atoms with Crippen molar-refractivity contribution in [3.63, 3.8) is 0 Å². The third-order valence-electron chi connectivity index (χ3n) is 5.32. The maximum Gasteiger partial charge on any atom is 0.256 e. The number of carbonyl (C=O) groups excluding carboxylic acids is 1. The molecule has 11 heteroatoms. The van der Waals surface area contributed by atoms with Crippen molar-refractivity contribution in [1.82, 2.24) is 15.3 Å². The van der Waals surface area contributed by atoms with Crippen molar-refractivity contribution < 1.29 is 24.9 Å². The fourth-order valence-corrected chi connectivity index (χ4v) is 3.80. The predicted octanol–water partition coefficient (Wildman–Crippen LogP) is 0.795. The van der Waals surface area contributed by atoms with Gasteiger partial charge in [-0.1, -0.05) is 17.7 Å². The van der Waals surface area contributed by atoms with Gasteiger partial charge in [-0.2, -0.15) is 4.98 Å². The SMILES string of the molecule is COc1ccc(CNc2nc(N3CCC[C@H]3CO)ncc2C(=O)NC(CO)CO)cc1Cl. The average Bonchev–Trinajstić information content (AvgIpc) is 3.30. The van der Waals surface area contributed by atoms with Gasteiger partial charge >= 0.3 is 0 Å². The molecule has 10 nitrogen and oxygen atoms in total. The summed E-state index contributed by atoms with van der Waals surface area (Å²) in [4.78, 5) is 23.6. The molecule has 1 saturated heterocycles. The molecule has 1 aromatic heterocycles. The molecule has 1 aliphatic rings. The highest BCUT2D eigenvalue weighted by Crippen LogP contribution is 2.27. The topological polar surface area (TPSA) is 140 Å². The highest BCUT2D eigenvalue weighted by Gasteiger charge is 2.27. The summed E-state index contributed by atoms with van der Waals surface area (Å²) in [5, 5.41) is 34.4. The van der Waals surface area contributed by atoms with Gasteiger partial charge in [0, 0.05) is 19.3 Å². The first-order chi connectivity index (χ1) is 15.5. The molecule has 0 saturated carbocycles. The van der Waals surface area contributed by atoms with Crippen molar-refractivity contribution in [2.24, 2.45) is 0 Å². The Labute approximate surface area is 191 Å². The number of amides is 1. The normalized spacial score (nSPS) is 15.8. The maximum atomic E-state index is 12.8. The van der Waals surface area contributed by atoms with E-state index < -0.39 is 25.2 Å². The molecule has 2 aromatic rings. The molecular formula is C21H28ClN5O5. The number of aliphatic hydroxyl groups excluding tert-OH is 3. The second-order valence-electron chi connectivity index (χ2n) is 7.46. The Morgan fingerprint density at radius 1 is 1.34 bits per heavy atom. The highest BCUT2D eigenvalue weighted by atomic mass is 35.5. The lowest BCUT2D eigenvalue weighted by molar-refractivity contribution is 0.0879. The Hall–Kier alpha value is -2.66. The molecule has 3 rings (SSSR count). The van der Waals surface area contributed by atoms with Crippen LogP contribution in [0, 0.1) is 0 Å². The molecule has 1 aromatic carbocycles. The first-order valence-electron chi connectivity index (χ1n) is 10.3. The average molecular weight is 466 g/mol. The number of nitrogens with one attached hydrogen (secondary N) is 2. The van der Waals surface area contributed by atoms with Crippen LogP contribution >= 0.6 is 11.6 Å². The minimum Gasteiger partial charge on any atom is -0.495 e. The number of hydrogen-bond acceptors (Lipinski definition) is 9. The van der Waals surface area contributed by atoms with Crippen molar-refractivity contribution in [2.45, 2.75) is 31.5 Å². The molecule has 1 aliphatic heterocycles. The lowest BCUT2D eigenvalue weighted by Crippen LogP contribution is -2.40. The van der Waals surface area contributed by atoms with Crippen LogP contribution in [0.2, 0.25) is 5.02 Å². The third-order valence-corrected chi connectivity index (χ3v) is 5.61. The van der Waals surface area contributed by atoms with Crippen LogP contribution in [0.4, 0.5) is 11.8 Å². The Balaban J connectivity index is 1.87. The summed E-state index contributed by atoms with van der Waals surface area (Å²) in [5.74, 6) is 0.731. The smallest absolute Gasteiger partial charge is 0.256 e. The van der Waals surface area contributed by atoms with Crippen LogP contribution in [0.15, 0.2) is 24.4 Å². The molecule has 0 unspecified atom stereocenters. The lowest BCUT2D eigenvalue weighted by Gasteiger charge is -2.24. The molecule has 1 fully saturated rings. The molecule has 174 valence electrons. The molecule has 32 heavy (non-hydrogen) atoms. The molecule has 0 bridgehead atoms. The summed E-state index contributed by atoms with van der Waals surface area (Å²) in [6.45, 7) is 0.225. The van der Waals surface area contributed by atoms with E-state index in [1.807, 2.05) is 11.0 Å². The Morgan fingerprint density at radius 3 is 2.78 bits per heavy atom. The number of ether oxygens (including phenoxy) is 1. The number of benzene rings is 1. The molecule has 0 radical (unpaired) electrons. The van der Waals surface area contributed by atoms with Gasteiger partial charge in [0.1, 0.15) is 17.1 Å². The Morgan fingerprint density at radius 2 is 2.12 bits per heavy atom. The predicted molar refractivity (Wildman–Crippen MR) is 120 cm³/mol. The van der Waals surface area contributed by atoms with E-state index in [9.17, 15) is 20.1 Å². The summed E-state index contributed by atoms with van der Waals surface area (Å²) in [6, 6.07) is 4.48. The monoisotopic (exact) mass is 465 g/mol. The minimum absolute atomic E-state index is 0.00656. The van der Waals surface area contributed by atoms with E-state index >= 15 is 0 Å². The standard InChI is InChI=1S/C21H28ClN5O5/c1-32-18-5-4-13(7-17(18)22)8-23-19-16(20(31)25-14(10-28)11-29)9-24-21(26-19)27-6-2-3-15(27)12-30/h4-5,7,9,14-15,28-30H,2-3,6,8,10-12H2,1H3,(H,25,31)(H,23,24,26)/t15-/m0/s1. The fourth-order valence-electron chi connectivity index (χ4n) is 3.52. The Bertz CT molecular complexity index is 927. The number of nitrogens with zero attached hydrogens (tertiary/aromatic N) is 3. The van der Waals surface area contributed by atoms with Crippen molar-refractivity contribution in [3.05, 3.63) is 40.5 Å². The van der Waals surface area contributed by atoms with E-state index in [2.05, 4.69) is 20.6 Å². The number of aromatic nitrogens is 2. The van der Waals surface area contributed by atoms with Gasteiger partial charge in [-0.25, -0.2) is 4.98 Å². The zero-order valence-corrected chi connectivity index (χ0v) is 18.5. The van der Waals surface area contributed by atoms with Crippen LogP contribution < -0.4 is 20.3 Å². The number of methoxy groups -OCH3 is 1. The second kappa shape index (κ2) is 11.3. The van der Waals surface area contributed by atoms with E-state index in [0.717, 1.165) is 18.4 Å². The van der Waals surface area contributed by atoms with Gasteiger partial charge in [0.15, 0.2) is 0 Å². The van der Waals surface area contributed by atoms with Gasteiger partial charge in [-0.15, -0.1) is 0 Å². The zero-order chi connectivity index (χ0) is 23.1.